The molecular weight excluding hydrogens is 379 g/mol. The van der Waals surface area contributed by atoms with Crippen molar-refractivity contribution >= 4 is 35.8 Å². The van der Waals surface area contributed by atoms with Crippen molar-refractivity contribution < 1.29 is 4.79 Å². The molecule has 1 saturated heterocycles. The first-order chi connectivity index (χ1) is 9.28. The van der Waals surface area contributed by atoms with Crippen LogP contribution in [0.4, 0.5) is 0 Å². The summed E-state index contributed by atoms with van der Waals surface area (Å²) in [4.78, 5) is 18.5. The van der Waals surface area contributed by atoms with Gasteiger partial charge >= 0.3 is 0 Å². The summed E-state index contributed by atoms with van der Waals surface area (Å²) in [5.41, 5.74) is 0.320. The van der Waals surface area contributed by atoms with E-state index in [2.05, 4.69) is 55.1 Å². The topological polar surface area (TPSA) is 56.7 Å². The van der Waals surface area contributed by atoms with E-state index in [0.717, 1.165) is 31.9 Å². The molecule has 21 heavy (non-hydrogen) atoms. The molecule has 2 aliphatic rings. The molecule has 0 aromatic carbocycles. The van der Waals surface area contributed by atoms with Crippen molar-refractivity contribution in [1.82, 2.24) is 15.5 Å². The first-order valence-electron chi connectivity index (χ1n) is 7.63. The lowest BCUT2D eigenvalue weighted by Gasteiger charge is -2.62. The maximum atomic E-state index is 11.8. The Morgan fingerprint density at radius 3 is 2.33 bits per heavy atom. The minimum atomic E-state index is 0. The molecule has 0 spiro atoms. The zero-order valence-electron chi connectivity index (χ0n) is 13.8. The van der Waals surface area contributed by atoms with E-state index in [9.17, 15) is 4.79 Å². The summed E-state index contributed by atoms with van der Waals surface area (Å²) in [6.07, 6.45) is 2.23. The maximum absolute atomic E-state index is 11.8. The van der Waals surface area contributed by atoms with E-state index in [1.807, 2.05) is 0 Å². The van der Waals surface area contributed by atoms with Gasteiger partial charge in [-0.15, -0.1) is 24.0 Å². The number of aliphatic imine (C=N–C) groups is 1. The number of nitrogens with zero attached hydrogens (tertiary/aromatic N) is 2. The normalized spacial score (nSPS) is 22.9. The van der Waals surface area contributed by atoms with Crippen LogP contribution >= 0.6 is 24.0 Å². The van der Waals surface area contributed by atoms with E-state index in [-0.39, 0.29) is 47.4 Å². The number of hydrogen-bond acceptors (Lipinski definition) is 2. The zero-order valence-corrected chi connectivity index (χ0v) is 16.2. The number of carbonyl (C=O) groups is 1. The molecule has 1 heterocycles. The average molecular weight is 408 g/mol. The predicted molar refractivity (Wildman–Crippen MR) is 97.1 cm³/mol. The van der Waals surface area contributed by atoms with E-state index >= 15 is 0 Å². The van der Waals surface area contributed by atoms with Crippen LogP contribution in [0.3, 0.4) is 0 Å². The quantitative estimate of drug-likeness (QED) is 0.425. The lowest BCUT2D eigenvalue weighted by atomic mass is 9.65. The lowest BCUT2D eigenvalue weighted by molar-refractivity contribution is -0.119. The average Bonchev–Trinajstić information content (AvgIpc) is 3.16. The van der Waals surface area contributed by atoms with Crippen molar-refractivity contribution in [2.75, 3.05) is 19.6 Å². The monoisotopic (exact) mass is 408 g/mol. The molecule has 1 saturated carbocycles. The Bertz CT molecular complexity index is 416. The summed E-state index contributed by atoms with van der Waals surface area (Å²) in [6.45, 7) is 13.1. The number of amides is 1. The summed E-state index contributed by atoms with van der Waals surface area (Å²) in [7, 11) is 0. The summed E-state index contributed by atoms with van der Waals surface area (Å²) in [5.74, 6) is 0.878. The van der Waals surface area contributed by atoms with Crippen LogP contribution in [0.2, 0.25) is 0 Å². The van der Waals surface area contributed by atoms with E-state index in [1.54, 1.807) is 0 Å². The molecule has 2 fully saturated rings. The molecule has 0 radical (unpaired) electrons. The van der Waals surface area contributed by atoms with Crippen LogP contribution < -0.4 is 10.6 Å². The van der Waals surface area contributed by atoms with Gasteiger partial charge in [0.1, 0.15) is 6.54 Å². The fourth-order valence-electron chi connectivity index (χ4n) is 2.44. The van der Waals surface area contributed by atoms with E-state index in [4.69, 9.17) is 0 Å². The number of hydrogen-bond donors (Lipinski definition) is 2. The smallest absolute Gasteiger partial charge is 0.242 e. The molecule has 2 N–H and O–H groups in total. The second-order valence-corrected chi connectivity index (χ2v) is 7.04. The molecular formula is C15H29IN4O. The third-order valence-corrected chi connectivity index (χ3v) is 4.79. The molecule has 0 aromatic rings. The number of halogens is 1. The van der Waals surface area contributed by atoms with Gasteiger partial charge in [-0.05, 0) is 33.6 Å². The highest BCUT2D eigenvalue weighted by Gasteiger charge is 2.53. The summed E-state index contributed by atoms with van der Waals surface area (Å²) < 4.78 is 0. The van der Waals surface area contributed by atoms with Gasteiger partial charge in [-0.25, -0.2) is 4.99 Å². The van der Waals surface area contributed by atoms with Crippen molar-refractivity contribution in [3.8, 4) is 0 Å². The van der Waals surface area contributed by atoms with Gasteiger partial charge < -0.3 is 15.5 Å². The SMILES string of the molecule is CCNC(=NCC(=O)NC1CC1)N1CC(C)(C)C1(C)C.I. The second-order valence-electron chi connectivity index (χ2n) is 7.04. The minimum absolute atomic E-state index is 0. The van der Waals surface area contributed by atoms with Gasteiger partial charge in [-0.1, -0.05) is 13.8 Å². The maximum Gasteiger partial charge on any atom is 0.242 e. The van der Waals surface area contributed by atoms with Crippen molar-refractivity contribution in [1.29, 1.82) is 0 Å². The largest absolute Gasteiger partial charge is 0.356 e. The van der Waals surface area contributed by atoms with Gasteiger partial charge in [0.2, 0.25) is 5.91 Å². The van der Waals surface area contributed by atoms with Crippen LogP contribution in [0, 0.1) is 5.41 Å². The Kier molecular flexibility index (Phi) is 5.91. The zero-order chi connectivity index (χ0) is 15.0. The van der Waals surface area contributed by atoms with Crippen molar-refractivity contribution in [2.24, 2.45) is 10.4 Å². The van der Waals surface area contributed by atoms with Crippen LogP contribution in [0.15, 0.2) is 4.99 Å². The van der Waals surface area contributed by atoms with Gasteiger partial charge in [0.05, 0.1) is 0 Å². The summed E-state index contributed by atoms with van der Waals surface area (Å²) in [5, 5.41) is 6.27. The van der Waals surface area contributed by atoms with Gasteiger partial charge in [0.15, 0.2) is 5.96 Å². The summed E-state index contributed by atoms with van der Waals surface area (Å²) in [6, 6.07) is 0.402. The molecule has 0 unspecified atom stereocenters. The Hall–Kier alpha value is -0.530. The molecule has 1 aliphatic heterocycles. The third-order valence-electron chi connectivity index (χ3n) is 4.79. The third kappa shape index (κ3) is 4.02. The van der Waals surface area contributed by atoms with Gasteiger partial charge in [-0.3, -0.25) is 4.79 Å². The first-order valence-corrected chi connectivity index (χ1v) is 7.63. The standard InChI is InChI=1S/C15H28N4O.HI/c1-6-16-13(17-9-12(20)18-11-7-8-11)19-10-14(2,3)15(19,4)5;/h11H,6-10H2,1-5H3,(H,16,17)(H,18,20);1H. The van der Waals surface area contributed by atoms with Crippen molar-refractivity contribution in [2.45, 2.75) is 59.0 Å². The second kappa shape index (κ2) is 6.71. The number of rotatable bonds is 4. The summed E-state index contributed by atoms with van der Waals surface area (Å²) >= 11 is 0. The molecule has 0 aromatic heterocycles. The Morgan fingerprint density at radius 2 is 1.90 bits per heavy atom. The van der Waals surface area contributed by atoms with Gasteiger partial charge in [-0.2, -0.15) is 0 Å². The Morgan fingerprint density at radius 1 is 1.29 bits per heavy atom. The van der Waals surface area contributed by atoms with E-state index < -0.39 is 0 Å². The molecule has 1 amide bonds. The van der Waals surface area contributed by atoms with Crippen LogP contribution in [-0.2, 0) is 4.79 Å². The Labute approximate surface area is 145 Å². The number of nitrogens with one attached hydrogen (secondary N) is 2. The molecule has 5 nitrogen and oxygen atoms in total. The molecule has 0 atom stereocenters. The number of carbonyl (C=O) groups excluding carboxylic acids is 1. The molecule has 1 aliphatic carbocycles. The molecule has 2 rings (SSSR count). The van der Waals surface area contributed by atoms with Crippen LogP contribution in [-0.4, -0.2) is 48.0 Å². The van der Waals surface area contributed by atoms with Crippen molar-refractivity contribution in [3.05, 3.63) is 0 Å². The highest BCUT2D eigenvalue weighted by molar-refractivity contribution is 14.0. The highest BCUT2D eigenvalue weighted by atomic mass is 127. The van der Waals surface area contributed by atoms with E-state index in [1.165, 1.54) is 0 Å². The number of likely N-dealkylation sites (tertiary alicyclic amines) is 1. The van der Waals surface area contributed by atoms with E-state index in [0.29, 0.717) is 6.04 Å². The predicted octanol–water partition coefficient (Wildman–Crippen LogP) is 1.97. The van der Waals surface area contributed by atoms with Gasteiger partial charge in [0, 0.05) is 30.1 Å². The minimum Gasteiger partial charge on any atom is -0.356 e. The Balaban J connectivity index is 0.00000220. The lowest BCUT2D eigenvalue weighted by Crippen LogP contribution is -2.72. The highest BCUT2D eigenvalue weighted by Crippen LogP contribution is 2.46. The molecule has 122 valence electrons. The van der Waals surface area contributed by atoms with Crippen LogP contribution in [0.1, 0.15) is 47.5 Å². The van der Waals surface area contributed by atoms with Crippen molar-refractivity contribution in [3.63, 3.8) is 0 Å². The fourth-order valence-corrected chi connectivity index (χ4v) is 2.44. The van der Waals surface area contributed by atoms with Gasteiger partial charge in [0.25, 0.3) is 0 Å². The molecule has 0 bridgehead atoms. The fraction of sp³-hybridized carbons (Fsp3) is 0.867. The first kappa shape index (κ1) is 18.5. The number of guanidine groups is 1. The van der Waals surface area contributed by atoms with Crippen LogP contribution in [0.25, 0.3) is 0 Å². The molecule has 6 heteroatoms. The van der Waals surface area contributed by atoms with Crippen LogP contribution in [0.5, 0.6) is 0 Å².